The van der Waals surface area contributed by atoms with E-state index in [-0.39, 0.29) is 30.7 Å². The van der Waals surface area contributed by atoms with Gasteiger partial charge in [-0.15, -0.1) is 11.3 Å². The molecule has 2 aromatic rings. The summed E-state index contributed by atoms with van der Waals surface area (Å²) in [6.07, 6.45) is 1.60. The highest BCUT2D eigenvalue weighted by Crippen LogP contribution is 2.40. The van der Waals surface area contributed by atoms with Crippen LogP contribution in [-0.4, -0.2) is 51.9 Å². The highest BCUT2D eigenvalue weighted by molar-refractivity contribution is 7.13. The van der Waals surface area contributed by atoms with Crippen LogP contribution >= 0.6 is 11.3 Å². The van der Waals surface area contributed by atoms with Gasteiger partial charge >= 0.3 is 0 Å². The van der Waals surface area contributed by atoms with Gasteiger partial charge in [-0.05, 0) is 56.1 Å². The first-order valence-electron chi connectivity index (χ1n) is 12.5. The third kappa shape index (κ3) is 5.45. The second-order valence-electron chi connectivity index (χ2n) is 11.0. The van der Waals surface area contributed by atoms with E-state index >= 15 is 0 Å². The third-order valence-corrected chi connectivity index (χ3v) is 8.08. The van der Waals surface area contributed by atoms with E-state index in [0.717, 1.165) is 21.7 Å². The molecule has 2 fully saturated rings. The number of hydrogen-bond donors (Lipinski definition) is 2. The fourth-order valence-corrected chi connectivity index (χ4v) is 5.42. The number of alkyl halides is 1. The lowest BCUT2D eigenvalue weighted by atomic mass is 9.85. The number of amides is 3. The molecule has 2 aliphatic rings. The molecule has 194 valence electrons. The minimum atomic E-state index is -1.87. The minimum Gasteiger partial charge on any atom is -0.348 e. The van der Waals surface area contributed by atoms with Gasteiger partial charge in [0.05, 0.1) is 22.1 Å². The van der Waals surface area contributed by atoms with Crippen LogP contribution < -0.4 is 10.6 Å². The quantitative estimate of drug-likeness (QED) is 0.576. The number of nitrogens with one attached hydrogen (secondary N) is 2. The molecule has 0 bridgehead atoms. The van der Waals surface area contributed by atoms with E-state index in [1.807, 2.05) is 64.4 Å². The summed E-state index contributed by atoms with van der Waals surface area (Å²) in [5.74, 6) is -1.30. The van der Waals surface area contributed by atoms with Crippen LogP contribution in [0, 0.1) is 12.3 Å². The number of nitrogens with zero attached hydrogens (tertiary/aromatic N) is 2. The maximum absolute atomic E-state index is 14.3. The zero-order chi connectivity index (χ0) is 26.3. The molecule has 3 atom stereocenters. The maximum atomic E-state index is 14.3. The first kappa shape index (κ1) is 26.3. The summed E-state index contributed by atoms with van der Waals surface area (Å²) >= 11 is 1.59. The number of thiazole rings is 1. The number of rotatable bonds is 7. The summed E-state index contributed by atoms with van der Waals surface area (Å²) in [6, 6.07) is 6.26. The molecule has 3 amide bonds. The number of halogens is 1. The van der Waals surface area contributed by atoms with Gasteiger partial charge in [-0.1, -0.05) is 45.0 Å². The Balaban J connectivity index is 1.43. The van der Waals surface area contributed by atoms with Gasteiger partial charge in [0.2, 0.25) is 11.8 Å². The largest absolute Gasteiger partial charge is 0.348 e. The average Bonchev–Trinajstić information content (AvgIpc) is 3.21. The van der Waals surface area contributed by atoms with Crippen molar-refractivity contribution in [2.24, 2.45) is 5.41 Å². The third-order valence-electron chi connectivity index (χ3n) is 7.10. The molecule has 1 saturated carbocycles. The highest BCUT2D eigenvalue weighted by Gasteiger charge is 2.53. The summed E-state index contributed by atoms with van der Waals surface area (Å²) in [6.45, 7) is 9.82. The van der Waals surface area contributed by atoms with Crippen molar-refractivity contribution >= 4 is 29.1 Å². The summed E-state index contributed by atoms with van der Waals surface area (Å²) in [5.41, 5.74) is 2.36. The zero-order valence-electron chi connectivity index (χ0n) is 21.6. The van der Waals surface area contributed by atoms with Gasteiger partial charge in [0.25, 0.3) is 5.91 Å². The van der Waals surface area contributed by atoms with Crippen molar-refractivity contribution in [3.05, 3.63) is 41.0 Å². The van der Waals surface area contributed by atoms with E-state index in [2.05, 4.69) is 15.6 Å². The molecule has 4 rings (SSSR count). The van der Waals surface area contributed by atoms with Gasteiger partial charge in [0.15, 0.2) is 5.67 Å². The zero-order valence-corrected chi connectivity index (χ0v) is 22.4. The Bertz CT molecular complexity index is 1140. The van der Waals surface area contributed by atoms with Crippen LogP contribution in [0.2, 0.25) is 0 Å². The van der Waals surface area contributed by atoms with Crippen LogP contribution in [0.25, 0.3) is 10.4 Å². The second-order valence-corrected chi connectivity index (χ2v) is 11.9. The minimum absolute atomic E-state index is 0.182. The molecule has 1 aliphatic heterocycles. The van der Waals surface area contributed by atoms with E-state index in [1.165, 1.54) is 0 Å². The van der Waals surface area contributed by atoms with Crippen molar-refractivity contribution < 1.29 is 18.8 Å². The lowest BCUT2D eigenvalue weighted by Crippen LogP contribution is -2.59. The van der Waals surface area contributed by atoms with Gasteiger partial charge in [-0.25, -0.2) is 9.37 Å². The molecular formula is C27H35FN4O3S. The predicted molar refractivity (Wildman–Crippen MR) is 138 cm³/mol. The lowest BCUT2D eigenvalue weighted by Gasteiger charge is -2.36. The number of aryl methyl sites for hydroxylation is 1. The predicted octanol–water partition coefficient (Wildman–Crippen LogP) is 4.32. The molecule has 36 heavy (non-hydrogen) atoms. The Kier molecular flexibility index (Phi) is 7.23. The standard InChI is InChI=1S/C27H35FN4O3S/c1-16(18-8-10-19(11-9-18)21-17(2)29-15-36-21)30-23(33)20-7-6-14-32(20)24(34)22(26(3,4)5)31-25(35)27(28)12-13-27/h8-11,15-16,20,22H,6-7,12-14H2,1-5H3,(H,30,33)(H,31,35)/t16-,20-,22?/m0/s1. The van der Waals surface area contributed by atoms with Gasteiger partial charge in [0.1, 0.15) is 12.1 Å². The molecule has 1 aliphatic carbocycles. The van der Waals surface area contributed by atoms with Crippen molar-refractivity contribution in [3.8, 4) is 10.4 Å². The number of aromatic nitrogens is 1. The molecule has 1 saturated heterocycles. The van der Waals surface area contributed by atoms with Crippen molar-refractivity contribution in [2.45, 2.75) is 84.1 Å². The van der Waals surface area contributed by atoms with Crippen LogP contribution in [0.1, 0.15) is 70.7 Å². The second kappa shape index (κ2) is 9.92. The van der Waals surface area contributed by atoms with E-state index in [0.29, 0.717) is 19.4 Å². The van der Waals surface area contributed by atoms with E-state index < -0.39 is 29.1 Å². The Labute approximate surface area is 215 Å². The summed E-state index contributed by atoms with van der Waals surface area (Å²) in [7, 11) is 0. The monoisotopic (exact) mass is 514 g/mol. The first-order chi connectivity index (χ1) is 16.9. The topological polar surface area (TPSA) is 91.4 Å². The van der Waals surface area contributed by atoms with Crippen LogP contribution in [0.5, 0.6) is 0 Å². The fourth-order valence-electron chi connectivity index (χ4n) is 4.61. The highest BCUT2D eigenvalue weighted by atomic mass is 32.1. The van der Waals surface area contributed by atoms with Gasteiger partial charge in [0, 0.05) is 6.54 Å². The Morgan fingerprint density at radius 3 is 2.39 bits per heavy atom. The van der Waals surface area contributed by atoms with Crippen molar-refractivity contribution in [1.29, 1.82) is 0 Å². The molecule has 2 N–H and O–H groups in total. The van der Waals surface area contributed by atoms with E-state index in [9.17, 15) is 18.8 Å². The maximum Gasteiger partial charge on any atom is 0.258 e. The van der Waals surface area contributed by atoms with E-state index in [4.69, 9.17) is 0 Å². The number of carbonyl (C=O) groups is 3. The van der Waals surface area contributed by atoms with Crippen molar-refractivity contribution in [3.63, 3.8) is 0 Å². The Hall–Kier alpha value is -2.81. The smallest absolute Gasteiger partial charge is 0.258 e. The van der Waals surface area contributed by atoms with Crippen LogP contribution in [-0.2, 0) is 14.4 Å². The van der Waals surface area contributed by atoms with Gasteiger partial charge in [-0.2, -0.15) is 0 Å². The number of hydrogen-bond acceptors (Lipinski definition) is 5. The van der Waals surface area contributed by atoms with Crippen LogP contribution in [0.15, 0.2) is 29.8 Å². The lowest BCUT2D eigenvalue weighted by molar-refractivity contribution is -0.145. The summed E-state index contributed by atoms with van der Waals surface area (Å²) < 4.78 is 14.3. The molecule has 1 aromatic heterocycles. The SMILES string of the molecule is Cc1ncsc1-c1ccc([C@H](C)NC(=O)[C@@H]2CCCN2C(=O)C(NC(=O)C2(F)CC2)C(C)(C)C)cc1. The van der Waals surface area contributed by atoms with Crippen LogP contribution in [0.4, 0.5) is 4.39 Å². The van der Waals surface area contributed by atoms with Crippen molar-refractivity contribution in [2.75, 3.05) is 6.54 Å². The number of likely N-dealkylation sites (tertiary alicyclic amines) is 1. The average molecular weight is 515 g/mol. The van der Waals surface area contributed by atoms with Crippen molar-refractivity contribution in [1.82, 2.24) is 20.5 Å². The van der Waals surface area contributed by atoms with E-state index in [1.54, 1.807) is 16.2 Å². The molecule has 9 heteroatoms. The molecule has 0 spiro atoms. The molecule has 1 aromatic carbocycles. The molecule has 0 radical (unpaired) electrons. The molecule has 7 nitrogen and oxygen atoms in total. The Morgan fingerprint density at radius 2 is 1.83 bits per heavy atom. The fraction of sp³-hybridized carbons (Fsp3) is 0.556. The number of carbonyl (C=O) groups excluding carboxylic acids is 3. The Morgan fingerprint density at radius 1 is 1.17 bits per heavy atom. The molecular weight excluding hydrogens is 479 g/mol. The first-order valence-corrected chi connectivity index (χ1v) is 13.4. The normalized spacial score (nSPS) is 20.5. The van der Waals surface area contributed by atoms with Crippen LogP contribution in [0.3, 0.4) is 0 Å². The van der Waals surface area contributed by atoms with Gasteiger partial charge < -0.3 is 15.5 Å². The molecule has 1 unspecified atom stereocenters. The number of benzene rings is 1. The van der Waals surface area contributed by atoms with Gasteiger partial charge in [-0.3, -0.25) is 14.4 Å². The molecule has 2 heterocycles. The summed E-state index contributed by atoms with van der Waals surface area (Å²) in [4.78, 5) is 46.1. The summed E-state index contributed by atoms with van der Waals surface area (Å²) in [5, 5.41) is 5.69.